The van der Waals surface area contributed by atoms with Crippen LogP contribution in [0.15, 0.2) is 18.2 Å². The number of alkyl halides is 2. The Morgan fingerprint density at radius 2 is 2.10 bits per heavy atom. The summed E-state index contributed by atoms with van der Waals surface area (Å²) in [6, 6.07) is 2.90. The lowest BCUT2D eigenvalue weighted by atomic mass is 9.79. The summed E-state index contributed by atoms with van der Waals surface area (Å²) >= 11 is 0. The van der Waals surface area contributed by atoms with Crippen molar-refractivity contribution >= 4 is 11.6 Å². The van der Waals surface area contributed by atoms with E-state index in [0.717, 1.165) is 18.2 Å². The number of nitro groups is 1. The molecule has 1 fully saturated rings. The predicted octanol–water partition coefficient (Wildman–Crippen LogP) is 2.54. The van der Waals surface area contributed by atoms with Gasteiger partial charge in [-0.3, -0.25) is 14.9 Å². The van der Waals surface area contributed by atoms with Crippen LogP contribution >= 0.6 is 0 Å². The molecule has 1 aliphatic rings. The minimum atomic E-state index is -2.63. The first kappa shape index (κ1) is 15.3. The van der Waals surface area contributed by atoms with Crippen molar-refractivity contribution < 1.29 is 22.9 Å². The van der Waals surface area contributed by atoms with E-state index in [0.29, 0.717) is 0 Å². The average Bonchev–Trinajstić information content (AvgIpc) is 2.43. The Hall–Kier alpha value is -2.12. The van der Waals surface area contributed by atoms with Crippen molar-refractivity contribution in [3.8, 4) is 0 Å². The molecule has 2 rings (SSSR count). The molecule has 0 aliphatic carbocycles. The number of carbonyl (C=O) groups excluding carboxylic acids is 1. The molecule has 114 valence electrons. The van der Waals surface area contributed by atoms with Gasteiger partial charge in [-0.05, 0) is 25.8 Å². The van der Waals surface area contributed by atoms with Gasteiger partial charge >= 0.3 is 0 Å². The Labute approximate surface area is 118 Å². The van der Waals surface area contributed by atoms with E-state index in [1.807, 2.05) is 0 Å². The first-order chi connectivity index (χ1) is 9.72. The lowest BCUT2D eigenvalue weighted by molar-refractivity contribution is -0.385. The summed E-state index contributed by atoms with van der Waals surface area (Å²) < 4.78 is 40.4. The van der Waals surface area contributed by atoms with E-state index in [-0.39, 0.29) is 17.7 Å². The Bertz CT molecular complexity index is 610. The fraction of sp³-hybridized carbons (Fsp3) is 0.462. The molecular formula is C13H13F3N2O3. The van der Waals surface area contributed by atoms with Crippen LogP contribution in [0.5, 0.6) is 0 Å². The number of nitro benzene ring substituents is 1. The van der Waals surface area contributed by atoms with Crippen LogP contribution in [-0.2, 0) is 10.3 Å². The van der Waals surface area contributed by atoms with Crippen molar-refractivity contribution in [3.05, 3.63) is 39.7 Å². The summed E-state index contributed by atoms with van der Waals surface area (Å²) in [6.45, 7) is -0.0445. The molecule has 8 heteroatoms. The number of non-ortho nitro benzene ring substituents is 1. The van der Waals surface area contributed by atoms with Crippen LogP contribution in [0.4, 0.5) is 18.9 Å². The molecule has 0 saturated carbocycles. The van der Waals surface area contributed by atoms with E-state index >= 15 is 0 Å². The zero-order valence-electron chi connectivity index (χ0n) is 11.2. The number of nitrogens with one attached hydrogen (secondary N) is 1. The molecule has 0 radical (unpaired) electrons. The van der Waals surface area contributed by atoms with Gasteiger partial charge in [-0.2, -0.15) is 0 Å². The summed E-state index contributed by atoms with van der Waals surface area (Å²) in [4.78, 5) is 21.7. The molecule has 1 saturated heterocycles. The van der Waals surface area contributed by atoms with Gasteiger partial charge in [0, 0.05) is 17.7 Å². The molecule has 21 heavy (non-hydrogen) atoms. The Kier molecular flexibility index (Phi) is 3.65. The van der Waals surface area contributed by atoms with E-state index in [4.69, 9.17) is 0 Å². The predicted molar refractivity (Wildman–Crippen MR) is 67.6 cm³/mol. The van der Waals surface area contributed by atoms with Crippen molar-refractivity contribution in [1.29, 1.82) is 0 Å². The van der Waals surface area contributed by atoms with Crippen LogP contribution in [0.1, 0.15) is 25.3 Å². The molecule has 1 aromatic rings. The second kappa shape index (κ2) is 5.01. The third-order valence-corrected chi connectivity index (χ3v) is 3.78. The standard InChI is InChI=1S/C13H13F3N2O3/c1-12(4-5-13(16,7-14)11(19)17-12)9-6-8(18(20)21)2-3-10(9)15/h2-3,6H,4-5,7H2,1H3,(H,17,19)/t12-,13-/m0/s1. The third-order valence-electron chi connectivity index (χ3n) is 3.78. The van der Waals surface area contributed by atoms with Gasteiger partial charge in [0.15, 0.2) is 0 Å². The smallest absolute Gasteiger partial charge is 0.269 e. The molecule has 1 heterocycles. The van der Waals surface area contributed by atoms with Crippen LogP contribution in [0.25, 0.3) is 0 Å². The van der Waals surface area contributed by atoms with E-state index < -0.39 is 41.0 Å². The highest BCUT2D eigenvalue weighted by molar-refractivity contribution is 5.87. The fourth-order valence-electron chi connectivity index (χ4n) is 2.37. The summed E-state index contributed by atoms with van der Waals surface area (Å²) in [5, 5.41) is 13.0. The number of carbonyl (C=O) groups is 1. The highest BCUT2D eigenvalue weighted by atomic mass is 19.2. The highest BCUT2D eigenvalue weighted by Crippen LogP contribution is 2.38. The molecule has 0 unspecified atom stereocenters. The van der Waals surface area contributed by atoms with E-state index in [2.05, 4.69) is 5.32 Å². The van der Waals surface area contributed by atoms with Crippen LogP contribution in [0.2, 0.25) is 0 Å². The Balaban J connectivity index is 2.40. The number of benzene rings is 1. The van der Waals surface area contributed by atoms with Gasteiger partial charge in [-0.15, -0.1) is 0 Å². The number of halogens is 3. The third kappa shape index (κ3) is 2.57. The van der Waals surface area contributed by atoms with E-state index in [1.165, 1.54) is 6.92 Å². The topological polar surface area (TPSA) is 72.2 Å². The van der Waals surface area contributed by atoms with Gasteiger partial charge in [0.1, 0.15) is 12.5 Å². The second-order valence-corrected chi connectivity index (χ2v) is 5.31. The molecule has 0 aromatic heterocycles. The number of amides is 1. The largest absolute Gasteiger partial charge is 0.344 e. The van der Waals surface area contributed by atoms with Crippen molar-refractivity contribution in [2.75, 3.05) is 6.67 Å². The van der Waals surface area contributed by atoms with E-state index in [1.54, 1.807) is 0 Å². The van der Waals surface area contributed by atoms with Crippen LogP contribution in [0, 0.1) is 15.9 Å². The molecule has 2 atom stereocenters. The Morgan fingerprint density at radius 3 is 2.62 bits per heavy atom. The van der Waals surface area contributed by atoms with Crippen LogP contribution in [0.3, 0.4) is 0 Å². The lowest BCUT2D eigenvalue weighted by Crippen LogP contribution is -2.58. The summed E-state index contributed by atoms with van der Waals surface area (Å²) in [5.74, 6) is -1.93. The first-order valence-electron chi connectivity index (χ1n) is 6.24. The normalized spacial score (nSPS) is 29.0. The minimum Gasteiger partial charge on any atom is -0.344 e. The molecular weight excluding hydrogens is 289 g/mol. The first-order valence-corrected chi connectivity index (χ1v) is 6.24. The fourth-order valence-corrected chi connectivity index (χ4v) is 2.37. The summed E-state index contributed by atoms with van der Waals surface area (Å²) in [6.07, 6.45) is -0.495. The molecule has 1 amide bonds. The van der Waals surface area contributed by atoms with Gasteiger partial charge in [0.2, 0.25) is 5.67 Å². The van der Waals surface area contributed by atoms with Gasteiger partial charge < -0.3 is 5.32 Å². The molecule has 0 spiro atoms. The SMILES string of the molecule is C[C@@]1(c2cc([N+](=O)[O-])ccc2F)CC[C@](F)(CF)C(=O)N1. The Morgan fingerprint density at radius 1 is 1.43 bits per heavy atom. The zero-order chi connectivity index (χ0) is 15.8. The van der Waals surface area contributed by atoms with Crippen molar-refractivity contribution in [2.45, 2.75) is 31.0 Å². The van der Waals surface area contributed by atoms with Crippen molar-refractivity contribution in [2.24, 2.45) is 0 Å². The molecule has 0 bridgehead atoms. The summed E-state index contributed by atoms with van der Waals surface area (Å²) in [7, 11) is 0. The van der Waals surface area contributed by atoms with Crippen LogP contribution in [-0.4, -0.2) is 23.2 Å². The van der Waals surface area contributed by atoms with Crippen molar-refractivity contribution in [1.82, 2.24) is 5.32 Å². The highest BCUT2D eigenvalue weighted by Gasteiger charge is 2.49. The average molecular weight is 302 g/mol. The van der Waals surface area contributed by atoms with Gasteiger partial charge in [-0.25, -0.2) is 13.2 Å². The maximum absolute atomic E-state index is 13.9. The number of nitrogens with zero attached hydrogens (tertiary/aromatic N) is 1. The quantitative estimate of drug-likeness (QED) is 0.689. The maximum Gasteiger partial charge on any atom is 0.269 e. The monoisotopic (exact) mass is 302 g/mol. The molecule has 1 aromatic carbocycles. The second-order valence-electron chi connectivity index (χ2n) is 5.31. The van der Waals surface area contributed by atoms with Gasteiger partial charge in [-0.1, -0.05) is 0 Å². The van der Waals surface area contributed by atoms with Gasteiger partial charge in [0.25, 0.3) is 11.6 Å². The number of hydrogen-bond acceptors (Lipinski definition) is 3. The van der Waals surface area contributed by atoms with Crippen molar-refractivity contribution in [3.63, 3.8) is 0 Å². The minimum absolute atomic E-state index is 0.0722. The number of rotatable bonds is 3. The summed E-state index contributed by atoms with van der Waals surface area (Å²) in [5.41, 5.74) is -4.41. The molecule has 1 aliphatic heterocycles. The number of hydrogen-bond donors (Lipinski definition) is 1. The van der Waals surface area contributed by atoms with E-state index in [9.17, 15) is 28.1 Å². The van der Waals surface area contributed by atoms with Crippen LogP contribution < -0.4 is 5.32 Å². The van der Waals surface area contributed by atoms with Gasteiger partial charge in [0.05, 0.1) is 10.5 Å². The lowest BCUT2D eigenvalue weighted by Gasteiger charge is -2.40. The zero-order valence-corrected chi connectivity index (χ0v) is 11.2. The number of piperidine rings is 1. The molecule has 1 N–H and O–H groups in total. The maximum atomic E-state index is 13.9. The molecule has 5 nitrogen and oxygen atoms in total.